The van der Waals surface area contributed by atoms with E-state index in [9.17, 15) is 9.90 Å². The Morgan fingerprint density at radius 3 is 2.72 bits per heavy atom. The van der Waals surface area contributed by atoms with E-state index in [1.165, 1.54) is 11.1 Å². The van der Waals surface area contributed by atoms with Crippen LogP contribution in [0.4, 0.5) is 0 Å². The van der Waals surface area contributed by atoms with Crippen LogP contribution in [-0.2, 0) is 17.8 Å². The maximum atomic E-state index is 13.6. The Labute approximate surface area is 172 Å². The van der Waals surface area contributed by atoms with Crippen LogP contribution in [0.2, 0.25) is 0 Å². The summed E-state index contributed by atoms with van der Waals surface area (Å²) in [5.41, 5.74) is 3.45. The molecule has 1 amide bonds. The highest BCUT2D eigenvalue weighted by atomic mass is 16.5. The molecule has 0 bridgehead atoms. The van der Waals surface area contributed by atoms with Crippen molar-refractivity contribution >= 4 is 5.91 Å². The second-order valence-electron chi connectivity index (χ2n) is 9.22. The van der Waals surface area contributed by atoms with Crippen molar-refractivity contribution in [3.8, 4) is 5.75 Å². The van der Waals surface area contributed by atoms with Gasteiger partial charge in [0.15, 0.2) is 0 Å². The largest absolute Gasteiger partial charge is 0.497 e. The second-order valence-corrected chi connectivity index (χ2v) is 9.22. The zero-order valence-electron chi connectivity index (χ0n) is 17.2. The first-order chi connectivity index (χ1) is 14.0. The lowest BCUT2D eigenvalue weighted by Gasteiger charge is -2.48. The van der Waals surface area contributed by atoms with Gasteiger partial charge in [-0.05, 0) is 66.3 Å². The number of amides is 1. The third-order valence-corrected chi connectivity index (χ3v) is 7.78. The number of benzene rings is 2. The maximum absolute atomic E-state index is 13.6. The molecule has 3 aliphatic rings. The van der Waals surface area contributed by atoms with Gasteiger partial charge in [0.1, 0.15) is 12.0 Å². The molecule has 0 aromatic heterocycles. The number of nitrogens with zero attached hydrogens (tertiary/aromatic N) is 1. The van der Waals surface area contributed by atoms with Gasteiger partial charge in [-0.2, -0.15) is 0 Å². The van der Waals surface area contributed by atoms with Crippen molar-refractivity contribution in [1.29, 1.82) is 0 Å². The summed E-state index contributed by atoms with van der Waals surface area (Å²) in [5.74, 6) is 1.64. The fourth-order valence-corrected chi connectivity index (χ4v) is 6.28. The predicted molar refractivity (Wildman–Crippen MR) is 111 cm³/mol. The number of aliphatic hydroxyl groups is 1. The average molecular weight is 392 g/mol. The van der Waals surface area contributed by atoms with Crippen LogP contribution in [0, 0.1) is 17.3 Å². The van der Waals surface area contributed by atoms with Gasteiger partial charge < -0.3 is 14.7 Å². The molecule has 1 aliphatic heterocycles. The Morgan fingerprint density at radius 1 is 1.17 bits per heavy atom. The van der Waals surface area contributed by atoms with E-state index in [2.05, 4.69) is 19.1 Å². The van der Waals surface area contributed by atoms with E-state index in [-0.39, 0.29) is 17.2 Å². The van der Waals surface area contributed by atoms with Gasteiger partial charge in [0.25, 0.3) is 0 Å². The molecule has 2 fully saturated rings. The van der Waals surface area contributed by atoms with Crippen molar-refractivity contribution in [3.63, 3.8) is 0 Å². The second kappa shape index (κ2) is 6.88. The lowest BCUT2D eigenvalue weighted by Crippen LogP contribution is -2.45. The standard InChI is InChI=1S/C25H29NO3/c1-25-13-12-20-19-11-9-18(29-2)14-17(19)8-10-21(20)22(25)23(27)26(24(25)28)15-16-6-4-3-5-7-16/h3-7,9,11,14,20-22,24,28H,8,10,12-13,15H2,1-2H3/t20?,21-,22?,24?,25+/m1/s1. The highest BCUT2D eigenvalue weighted by Gasteiger charge is 2.61. The molecule has 1 heterocycles. The molecule has 1 saturated carbocycles. The molecule has 2 aromatic rings. The zero-order valence-corrected chi connectivity index (χ0v) is 17.2. The third kappa shape index (κ3) is 2.80. The molecule has 0 spiro atoms. The smallest absolute Gasteiger partial charge is 0.229 e. The van der Waals surface area contributed by atoms with Gasteiger partial charge in [0.2, 0.25) is 5.91 Å². The van der Waals surface area contributed by atoms with Gasteiger partial charge in [-0.25, -0.2) is 0 Å². The van der Waals surface area contributed by atoms with Gasteiger partial charge in [0.05, 0.1) is 13.0 Å². The van der Waals surface area contributed by atoms with Crippen LogP contribution in [0.5, 0.6) is 5.75 Å². The Kier molecular flexibility index (Phi) is 4.43. The average Bonchev–Trinajstić information content (AvgIpc) is 2.94. The van der Waals surface area contributed by atoms with Gasteiger partial charge in [-0.3, -0.25) is 4.79 Å². The van der Waals surface area contributed by atoms with E-state index in [1.807, 2.05) is 36.4 Å². The summed E-state index contributed by atoms with van der Waals surface area (Å²) in [5, 5.41) is 11.2. The molecular weight excluding hydrogens is 362 g/mol. The minimum Gasteiger partial charge on any atom is -0.497 e. The van der Waals surface area contributed by atoms with Gasteiger partial charge in [-0.15, -0.1) is 0 Å². The van der Waals surface area contributed by atoms with E-state index in [0.29, 0.717) is 18.4 Å². The van der Waals surface area contributed by atoms with Crippen LogP contribution in [0.3, 0.4) is 0 Å². The molecule has 29 heavy (non-hydrogen) atoms. The Balaban J connectivity index is 1.46. The zero-order chi connectivity index (χ0) is 20.2. The Bertz CT molecular complexity index is 927. The SMILES string of the molecule is COc1ccc2c(c1)CC[C@@H]1C2CC[C@@]2(C)C1C(=O)N(Cc1ccccc1)C2O. The predicted octanol–water partition coefficient (Wildman–Crippen LogP) is 4.12. The minimum atomic E-state index is -0.710. The number of fused-ring (bicyclic) bond motifs is 5. The number of likely N-dealkylation sites (tertiary alicyclic amines) is 1. The van der Waals surface area contributed by atoms with Crippen LogP contribution in [0.25, 0.3) is 0 Å². The fraction of sp³-hybridized carbons (Fsp3) is 0.480. The van der Waals surface area contributed by atoms with Crippen molar-refractivity contribution in [2.45, 2.75) is 51.3 Å². The number of aliphatic hydroxyl groups excluding tert-OH is 1. The quantitative estimate of drug-likeness (QED) is 0.856. The highest BCUT2D eigenvalue weighted by Crippen LogP contribution is 2.59. The normalized spacial score (nSPS) is 33.1. The summed E-state index contributed by atoms with van der Waals surface area (Å²) in [6, 6.07) is 16.4. The van der Waals surface area contributed by atoms with E-state index in [4.69, 9.17) is 4.74 Å². The van der Waals surface area contributed by atoms with Crippen molar-refractivity contribution in [2.75, 3.05) is 7.11 Å². The van der Waals surface area contributed by atoms with Gasteiger partial charge in [-0.1, -0.05) is 43.3 Å². The summed E-state index contributed by atoms with van der Waals surface area (Å²) >= 11 is 0. The fourth-order valence-electron chi connectivity index (χ4n) is 6.28. The number of aryl methyl sites for hydroxylation is 1. The van der Waals surface area contributed by atoms with Gasteiger partial charge in [0, 0.05) is 12.0 Å². The first-order valence-corrected chi connectivity index (χ1v) is 10.7. The molecule has 152 valence electrons. The molecule has 3 unspecified atom stereocenters. The van der Waals surface area contributed by atoms with Crippen LogP contribution in [0.15, 0.2) is 48.5 Å². The summed E-state index contributed by atoms with van der Waals surface area (Å²) < 4.78 is 5.41. The molecule has 2 aliphatic carbocycles. The minimum absolute atomic E-state index is 0.102. The molecule has 5 atom stereocenters. The number of carbonyl (C=O) groups is 1. The molecular formula is C25H29NO3. The monoisotopic (exact) mass is 391 g/mol. The maximum Gasteiger partial charge on any atom is 0.229 e. The van der Waals surface area contributed by atoms with Crippen molar-refractivity contribution in [3.05, 3.63) is 65.2 Å². The Morgan fingerprint density at radius 2 is 1.97 bits per heavy atom. The van der Waals surface area contributed by atoms with Crippen LogP contribution in [-0.4, -0.2) is 29.3 Å². The van der Waals surface area contributed by atoms with Crippen molar-refractivity contribution in [1.82, 2.24) is 4.90 Å². The molecule has 0 radical (unpaired) electrons. The van der Waals surface area contributed by atoms with Crippen LogP contribution < -0.4 is 4.74 Å². The van der Waals surface area contributed by atoms with Crippen molar-refractivity contribution in [2.24, 2.45) is 17.3 Å². The van der Waals surface area contributed by atoms with E-state index in [0.717, 1.165) is 37.0 Å². The topological polar surface area (TPSA) is 49.8 Å². The number of ether oxygens (including phenoxy) is 1. The van der Waals surface area contributed by atoms with E-state index < -0.39 is 6.23 Å². The molecule has 2 aromatic carbocycles. The number of hydrogen-bond donors (Lipinski definition) is 1. The highest BCUT2D eigenvalue weighted by molar-refractivity contribution is 5.83. The number of methoxy groups -OCH3 is 1. The Hall–Kier alpha value is -2.33. The van der Waals surface area contributed by atoms with Gasteiger partial charge >= 0.3 is 0 Å². The third-order valence-electron chi connectivity index (χ3n) is 7.78. The lowest BCUT2D eigenvalue weighted by atomic mass is 9.55. The molecule has 1 N–H and O–H groups in total. The molecule has 5 rings (SSSR count). The van der Waals surface area contributed by atoms with Crippen LogP contribution in [0.1, 0.15) is 48.8 Å². The summed E-state index contributed by atoms with van der Waals surface area (Å²) in [4.78, 5) is 15.3. The number of hydrogen-bond acceptors (Lipinski definition) is 3. The molecule has 4 heteroatoms. The lowest BCUT2D eigenvalue weighted by molar-refractivity contribution is -0.137. The van der Waals surface area contributed by atoms with E-state index in [1.54, 1.807) is 12.0 Å². The summed E-state index contributed by atoms with van der Waals surface area (Å²) in [6.45, 7) is 2.61. The first-order valence-electron chi connectivity index (χ1n) is 10.7. The van der Waals surface area contributed by atoms with Crippen molar-refractivity contribution < 1.29 is 14.6 Å². The molecule has 4 nitrogen and oxygen atoms in total. The summed E-state index contributed by atoms with van der Waals surface area (Å²) in [6.07, 6.45) is 3.17. The number of rotatable bonds is 3. The number of carbonyl (C=O) groups excluding carboxylic acids is 1. The molecule has 1 saturated heterocycles. The summed E-state index contributed by atoms with van der Waals surface area (Å²) in [7, 11) is 1.71. The van der Waals surface area contributed by atoms with Crippen LogP contribution >= 0.6 is 0 Å². The first kappa shape index (κ1) is 18.7. The van der Waals surface area contributed by atoms with E-state index >= 15 is 0 Å².